The number of nitrogens with zero attached hydrogens (tertiary/aromatic N) is 20. The minimum atomic E-state index is -0.318. The number of urea groups is 5. The molecule has 41 heteroatoms. The molecule has 10 aromatic heterocycles. The molecule has 0 aliphatic carbocycles. The molecule has 718 valence electrons. The Balaban J connectivity index is 0.000000130. The zero-order valence-electron chi connectivity index (χ0n) is 77.8. The number of carbonyl (C=O) groups excluding carboxylic acids is 6. The second-order valence-electron chi connectivity index (χ2n) is 34.0. The van der Waals surface area contributed by atoms with Gasteiger partial charge in [0, 0.05) is 164 Å². The largest absolute Gasteiger partial charge is 0.353 e. The Morgan fingerprint density at radius 1 is 0.312 bits per heavy atom. The van der Waals surface area contributed by atoms with Gasteiger partial charge in [0.2, 0.25) is 0 Å². The number of rotatable bonds is 10. The molecule has 15 heterocycles. The van der Waals surface area contributed by atoms with Crippen molar-refractivity contribution in [2.75, 3.05) is 149 Å². The smallest absolute Gasteiger partial charge is 0.324 e. The summed E-state index contributed by atoms with van der Waals surface area (Å²) in [5.74, 6) is 3.96. The Morgan fingerprint density at radius 2 is 0.572 bits per heavy atom. The van der Waals surface area contributed by atoms with Gasteiger partial charge in [-0.25, -0.2) is 78.2 Å². The summed E-state index contributed by atoms with van der Waals surface area (Å²) < 4.78 is 18.2. The second kappa shape index (κ2) is 45.3. The molecule has 0 bridgehead atoms. The number of carbonyl (C=O) groups is 6. The van der Waals surface area contributed by atoms with Gasteiger partial charge in [-0.1, -0.05) is 127 Å². The highest BCUT2D eigenvalue weighted by Gasteiger charge is 2.36. The van der Waals surface area contributed by atoms with Crippen LogP contribution >= 0.6 is 103 Å². The summed E-state index contributed by atoms with van der Waals surface area (Å²) >= 11 is 32.0. The quantitative estimate of drug-likeness (QED) is 0.0849. The van der Waals surface area contributed by atoms with E-state index in [4.69, 9.17) is 51.2 Å². The molecule has 5 aliphatic heterocycles. The molecule has 31 nitrogen and oxygen atoms in total. The number of aromatic nitrogens is 10. The van der Waals surface area contributed by atoms with E-state index in [1.807, 2.05) is 145 Å². The predicted molar refractivity (Wildman–Crippen MR) is 562 cm³/mol. The molecule has 5 aromatic carbocycles. The molecule has 15 aromatic rings. The Hall–Kier alpha value is -12.6. The highest BCUT2D eigenvalue weighted by molar-refractivity contribution is 7.23. The van der Waals surface area contributed by atoms with Gasteiger partial charge in [0.25, 0.3) is 0 Å². The lowest BCUT2D eigenvalue weighted by molar-refractivity contribution is -0.0980. The lowest BCUT2D eigenvalue weighted by Gasteiger charge is -2.40. The lowest BCUT2D eigenvalue weighted by atomic mass is 10.1. The van der Waals surface area contributed by atoms with Crippen molar-refractivity contribution in [2.45, 2.75) is 106 Å². The number of thiazole rings is 5. The van der Waals surface area contributed by atoms with Crippen molar-refractivity contribution < 1.29 is 33.2 Å². The van der Waals surface area contributed by atoms with E-state index in [0.29, 0.717) is 128 Å². The first-order valence-electron chi connectivity index (χ1n) is 44.8. The molecule has 5 aliphatic rings. The molecule has 5 fully saturated rings. The van der Waals surface area contributed by atoms with Gasteiger partial charge < -0.3 is 53.8 Å². The molecule has 0 radical (unpaired) electrons. The zero-order valence-corrected chi connectivity index (χ0v) is 84.9. The number of aryl methyl sites for hydroxylation is 6. The van der Waals surface area contributed by atoms with Gasteiger partial charge in [0.05, 0.1) is 66.2 Å². The van der Waals surface area contributed by atoms with Crippen LogP contribution in [0.3, 0.4) is 0 Å². The maximum atomic E-state index is 13.3. The summed E-state index contributed by atoms with van der Waals surface area (Å²) in [4.78, 5) is 136. The summed E-state index contributed by atoms with van der Waals surface area (Å²) in [6, 6.07) is 44.8. The van der Waals surface area contributed by atoms with E-state index in [0.717, 1.165) is 107 Å². The first kappa shape index (κ1) is 99.9. The molecule has 5 N–H and O–H groups in total. The summed E-state index contributed by atoms with van der Waals surface area (Å²) in [5, 5.41) is 20.2. The van der Waals surface area contributed by atoms with Crippen LogP contribution in [-0.4, -0.2) is 240 Å². The molecule has 138 heavy (non-hydrogen) atoms. The number of hydrogen-bond donors (Lipinski definition) is 5. The van der Waals surface area contributed by atoms with E-state index in [2.05, 4.69) is 186 Å². The molecule has 10 amide bonds. The van der Waals surface area contributed by atoms with Crippen LogP contribution in [0.4, 0.5) is 83.1 Å². The summed E-state index contributed by atoms with van der Waals surface area (Å²) in [6.45, 7) is 34.7. The van der Waals surface area contributed by atoms with Crippen LogP contribution in [0.25, 0.3) is 51.1 Å². The van der Waals surface area contributed by atoms with E-state index in [1.54, 1.807) is 41.7 Å². The van der Waals surface area contributed by atoms with Crippen LogP contribution in [0.1, 0.15) is 68.0 Å². The fourth-order valence-corrected chi connectivity index (χ4v) is 22.4. The van der Waals surface area contributed by atoms with Crippen LogP contribution in [0.2, 0.25) is 20.1 Å². The Labute approximate surface area is 838 Å². The molecular weight excluding hydrogens is 1930 g/mol. The van der Waals surface area contributed by atoms with Gasteiger partial charge in [-0.15, -0.1) is 0 Å². The lowest BCUT2D eigenvalue weighted by Crippen LogP contribution is -2.55. The van der Waals surface area contributed by atoms with Crippen LogP contribution in [-0.2, 0) is 4.79 Å². The van der Waals surface area contributed by atoms with Crippen molar-refractivity contribution in [3.05, 3.63) is 236 Å². The Kier molecular flexibility index (Phi) is 32.8. The number of anilines is 10. The number of piperazine rings is 5. The normalized spacial score (nSPS) is 17.1. The van der Waals surface area contributed by atoms with Crippen molar-refractivity contribution in [3.63, 3.8) is 0 Å². The summed E-state index contributed by atoms with van der Waals surface area (Å²) in [6.07, 6.45) is 8.81. The fourth-order valence-electron chi connectivity index (χ4n) is 16.8. The Bertz CT molecular complexity index is 6220. The van der Waals surface area contributed by atoms with E-state index in [9.17, 15) is 28.4 Å². The van der Waals surface area contributed by atoms with Crippen LogP contribution < -0.4 is 51.1 Å². The first-order chi connectivity index (χ1) is 66.5. The number of pyridine rings is 5. The fraction of sp³-hybridized carbons (Fsp3) is 0.320. The minimum Gasteiger partial charge on any atom is -0.353 e. The average Bonchev–Trinajstić information content (AvgIpc) is 1.14. The van der Waals surface area contributed by atoms with Crippen LogP contribution in [0.15, 0.2) is 177 Å². The Morgan fingerprint density at radius 3 is 0.884 bits per heavy atom. The number of halogens is 5. The van der Waals surface area contributed by atoms with E-state index in [1.165, 1.54) is 91.1 Å². The zero-order chi connectivity index (χ0) is 97.7. The summed E-state index contributed by atoms with van der Waals surface area (Å²) in [5.41, 5.74) is 11.4. The average molecular weight is 2040 g/mol. The van der Waals surface area contributed by atoms with Crippen molar-refractivity contribution in [3.8, 4) is 0 Å². The molecule has 0 saturated carbocycles. The van der Waals surface area contributed by atoms with Gasteiger partial charge in [0.1, 0.15) is 41.7 Å². The SMILES string of the molecule is C=O.C[C@@H]1CN(c2ncccc2Cl)CCN1C(=O)Nc1nc2ccc(F)cc2s1.Cc1cc2nc(NC(=O)N3CCN(c4ncccc4Cl)C[C@H]3C)sc2cc1C.Cc1ccc2nc(NC(=O)N3CCN(c4ncccc4C)C[C@H]3C)sc2c1.Cc1ccc2nc(NC(=O)N3CCN(c4ncccc4Cl)C[C@H]3C)sc2c1.Cc1cccnc1N1CCN(C(=O)Nc2nc3ccc(Cl)cc3s2)[C@H](C)C1. The maximum absolute atomic E-state index is 13.3. The van der Waals surface area contributed by atoms with Crippen LogP contribution in [0.5, 0.6) is 0 Å². The number of benzene rings is 5. The topological polar surface area (TPSA) is 324 Å². The molecule has 5 saturated heterocycles. The molecule has 0 spiro atoms. The predicted octanol–water partition coefficient (Wildman–Crippen LogP) is 21.6. The third kappa shape index (κ3) is 24.4. The van der Waals surface area contributed by atoms with Gasteiger partial charge in [0.15, 0.2) is 25.7 Å². The monoisotopic (exact) mass is 2030 g/mol. The number of amides is 10. The van der Waals surface area contributed by atoms with E-state index < -0.39 is 0 Å². The third-order valence-electron chi connectivity index (χ3n) is 24.0. The highest BCUT2D eigenvalue weighted by atomic mass is 35.5. The van der Waals surface area contributed by atoms with Gasteiger partial charge >= 0.3 is 30.2 Å². The molecular formula is C97H104Cl4FN25O6S5. The number of nitrogens with one attached hydrogen (secondary N) is 5. The van der Waals surface area contributed by atoms with Crippen LogP contribution in [0, 0.1) is 47.4 Å². The first-order valence-corrected chi connectivity index (χ1v) is 50.4. The van der Waals surface area contributed by atoms with Crippen molar-refractivity contribution in [1.82, 2.24) is 74.3 Å². The van der Waals surface area contributed by atoms with Gasteiger partial charge in [-0.05, 0) is 231 Å². The summed E-state index contributed by atoms with van der Waals surface area (Å²) in [7, 11) is 0. The van der Waals surface area contributed by atoms with Crippen molar-refractivity contribution in [1.29, 1.82) is 0 Å². The van der Waals surface area contributed by atoms with Gasteiger partial charge in [-0.2, -0.15) is 0 Å². The molecule has 0 unspecified atom stereocenters. The van der Waals surface area contributed by atoms with Crippen molar-refractivity contribution in [2.24, 2.45) is 0 Å². The number of fused-ring (bicyclic) bond motifs is 5. The van der Waals surface area contributed by atoms with Gasteiger partial charge in [-0.3, -0.25) is 26.6 Å². The minimum absolute atomic E-state index is 0.0244. The standard InChI is InChI=1S/C20H22ClN5OS.C20H23N5OS.2C19H20ClN5OS.C18H17ClFN5OS.CH2O/c1-12-9-16-17(10-13(12)2)28-19(23-16)24-20(27)26-8-7-25(11-14(26)3)18-15(21)5-4-6-22-18;1-13-6-7-16-17(11-13)27-19(22-16)23-20(26)25-10-9-24(12-15(25)3)18-14(2)5-4-8-21-18;1-12-5-6-15-16(10-12)27-18(22-15)23-19(26)25-9-8-24(11-13(25)2)17-14(20)4-3-7-21-17;1-12-4-3-7-21-17(12)24-8-9-25(13(2)11-24)19(26)23-18-22-15-6-5-14(20)10-16(15)27-18;1-11-10-24(16-13(19)3-2-6-21-16)7-8-25(11)18(26)23-17-22-14-5-4-12(20)9-15(14)27-17;1-2/h4-6,9-10,14H,7-8,11H2,1-3H3,(H,23,24,27);4-8,11,15H,9-10,12H2,1-3H3,(H,22,23,26);2*3-7,10,13H,8-9,11H2,1-2H3,(H,22,23,26);2-6,9,11H,7-8,10H2,1H3,(H,22,23,26);1H2/t14-;15-;2*13-;11-;/m11111./s1. The maximum Gasteiger partial charge on any atom is 0.324 e. The van der Waals surface area contributed by atoms with E-state index in [-0.39, 0.29) is 66.2 Å². The molecule has 20 rings (SSSR count). The highest BCUT2D eigenvalue weighted by Crippen LogP contribution is 2.37. The molecule has 5 atom stereocenters. The second-order valence-corrected chi connectivity index (χ2v) is 40.8. The van der Waals surface area contributed by atoms with E-state index >= 15 is 0 Å². The number of hydrogen-bond acceptors (Lipinski definition) is 26. The van der Waals surface area contributed by atoms with Crippen molar-refractivity contribution >= 4 is 246 Å². The third-order valence-corrected chi connectivity index (χ3v) is 29.8.